The van der Waals surface area contributed by atoms with Crippen LogP contribution >= 0.6 is 0 Å². The highest BCUT2D eigenvalue weighted by Crippen LogP contribution is 2.27. The number of primary amides is 1. The fraction of sp³-hybridized carbons (Fsp3) is 0.364. The van der Waals surface area contributed by atoms with E-state index < -0.39 is 5.91 Å². The van der Waals surface area contributed by atoms with Crippen LogP contribution in [0, 0.1) is 20.8 Å². The molecule has 0 aliphatic carbocycles. The standard InChI is InChI=1S/C22H27N5O2/c1-12(2)16-8-6-7-13(3)20(16)26-19(28)10-9-17-14(4)25-22-18(21(23)29)11-24-27(22)15(17)5/h6-8,11-12H,9-10H2,1-5H3,(H2,23,29)(H,26,28). The molecule has 7 heteroatoms. The number of aryl methyl sites for hydroxylation is 3. The maximum absolute atomic E-state index is 12.7. The fourth-order valence-corrected chi connectivity index (χ4v) is 3.63. The molecule has 3 N–H and O–H groups in total. The first kappa shape index (κ1) is 20.5. The zero-order valence-corrected chi connectivity index (χ0v) is 17.5. The Morgan fingerprint density at radius 2 is 1.93 bits per heavy atom. The lowest BCUT2D eigenvalue weighted by atomic mass is 9.98. The van der Waals surface area contributed by atoms with Crippen molar-refractivity contribution in [3.8, 4) is 0 Å². The smallest absolute Gasteiger partial charge is 0.254 e. The van der Waals surface area contributed by atoms with Crippen molar-refractivity contribution in [2.24, 2.45) is 5.73 Å². The lowest BCUT2D eigenvalue weighted by Crippen LogP contribution is -2.17. The quantitative estimate of drug-likeness (QED) is 0.669. The van der Waals surface area contributed by atoms with E-state index in [9.17, 15) is 9.59 Å². The summed E-state index contributed by atoms with van der Waals surface area (Å²) in [6.07, 6.45) is 2.28. The molecule has 0 atom stereocenters. The van der Waals surface area contributed by atoms with Gasteiger partial charge in [-0.2, -0.15) is 5.10 Å². The lowest BCUT2D eigenvalue weighted by Gasteiger charge is -2.17. The second kappa shape index (κ2) is 8.03. The van der Waals surface area contributed by atoms with E-state index in [0.29, 0.717) is 30.0 Å². The van der Waals surface area contributed by atoms with Crippen LogP contribution in [0.25, 0.3) is 5.65 Å². The summed E-state index contributed by atoms with van der Waals surface area (Å²) in [6, 6.07) is 6.06. The summed E-state index contributed by atoms with van der Waals surface area (Å²) in [5.74, 6) is -0.281. The first-order valence-corrected chi connectivity index (χ1v) is 9.73. The van der Waals surface area contributed by atoms with Gasteiger partial charge in [0, 0.05) is 23.5 Å². The van der Waals surface area contributed by atoms with Gasteiger partial charge in [-0.3, -0.25) is 9.59 Å². The highest BCUT2D eigenvalue weighted by molar-refractivity contribution is 5.98. The van der Waals surface area contributed by atoms with E-state index in [1.807, 2.05) is 39.0 Å². The number of hydrogen-bond donors (Lipinski definition) is 2. The first-order chi connectivity index (χ1) is 13.7. The molecular weight excluding hydrogens is 366 g/mol. The Balaban J connectivity index is 1.81. The molecule has 2 heterocycles. The number of benzene rings is 1. The summed E-state index contributed by atoms with van der Waals surface area (Å²) in [6.45, 7) is 10.0. The molecule has 0 spiro atoms. The minimum Gasteiger partial charge on any atom is -0.365 e. The van der Waals surface area contributed by atoms with Gasteiger partial charge in [-0.15, -0.1) is 0 Å². The summed E-state index contributed by atoms with van der Waals surface area (Å²) in [4.78, 5) is 28.7. The molecule has 0 fully saturated rings. The normalized spacial score (nSPS) is 11.2. The third-order valence-electron chi connectivity index (χ3n) is 5.27. The average Bonchev–Trinajstić information content (AvgIpc) is 3.07. The van der Waals surface area contributed by atoms with E-state index in [-0.39, 0.29) is 5.91 Å². The van der Waals surface area contributed by atoms with E-state index >= 15 is 0 Å². The van der Waals surface area contributed by atoms with Crippen molar-refractivity contribution >= 4 is 23.1 Å². The number of hydrogen-bond acceptors (Lipinski definition) is 4. The van der Waals surface area contributed by atoms with Crippen LogP contribution in [0.1, 0.15) is 64.6 Å². The minimum atomic E-state index is -0.558. The highest BCUT2D eigenvalue weighted by atomic mass is 16.2. The van der Waals surface area contributed by atoms with E-state index in [4.69, 9.17) is 5.73 Å². The van der Waals surface area contributed by atoms with E-state index in [1.165, 1.54) is 6.20 Å². The number of para-hydroxylation sites is 1. The summed E-state index contributed by atoms with van der Waals surface area (Å²) in [7, 11) is 0. The molecule has 0 aliphatic rings. The first-order valence-electron chi connectivity index (χ1n) is 9.73. The van der Waals surface area contributed by atoms with Crippen LogP contribution < -0.4 is 11.1 Å². The van der Waals surface area contributed by atoms with E-state index in [0.717, 1.165) is 33.8 Å². The zero-order chi connectivity index (χ0) is 21.3. The number of fused-ring (bicyclic) bond motifs is 1. The van der Waals surface area contributed by atoms with Crippen molar-refractivity contribution < 1.29 is 9.59 Å². The number of nitrogens with two attached hydrogens (primary N) is 1. The molecule has 0 bridgehead atoms. The van der Waals surface area contributed by atoms with Gasteiger partial charge >= 0.3 is 0 Å². The summed E-state index contributed by atoms with van der Waals surface area (Å²) in [5, 5.41) is 7.31. The van der Waals surface area contributed by atoms with Crippen molar-refractivity contribution in [1.29, 1.82) is 0 Å². The highest BCUT2D eigenvalue weighted by Gasteiger charge is 2.18. The molecular formula is C22H27N5O2. The van der Waals surface area contributed by atoms with Crippen molar-refractivity contribution in [3.63, 3.8) is 0 Å². The molecule has 152 valence electrons. The summed E-state index contributed by atoms with van der Waals surface area (Å²) >= 11 is 0. The molecule has 2 amide bonds. The van der Waals surface area contributed by atoms with Gasteiger partial charge in [0.25, 0.3) is 5.91 Å². The Kier molecular flexibility index (Phi) is 5.68. The van der Waals surface area contributed by atoms with Crippen LogP contribution in [0.3, 0.4) is 0 Å². The minimum absolute atomic E-state index is 0.0432. The number of nitrogens with one attached hydrogen (secondary N) is 1. The Hall–Kier alpha value is -3.22. The topological polar surface area (TPSA) is 102 Å². The Morgan fingerprint density at radius 3 is 2.59 bits per heavy atom. The number of amides is 2. The van der Waals surface area contributed by atoms with Crippen molar-refractivity contribution in [3.05, 3.63) is 58.0 Å². The third-order valence-corrected chi connectivity index (χ3v) is 5.27. The van der Waals surface area contributed by atoms with E-state index in [1.54, 1.807) is 4.52 Å². The van der Waals surface area contributed by atoms with Crippen LogP contribution in [-0.2, 0) is 11.2 Å². The molecule has 2 aromatic heterocycles. The van der Waals surface area contributed by atoms with Crippen LogP contribution in [0.5, 0.6) is 0 Å². The predicted octanol–water partition coefficient (Wildman–Crippen LogP) is 3.45. The van der Waals surface area contributed by atoms with Crippen LogP contribution in [-0.4, -0.2) is 26.4 Å². The van der Waals surface area contributed by atoms with Gasteiger partial charge in [-0.05, 0) is 49.8 Å². The Morgan fingerprint density at radius 1 is 1.21 bits per heavy atom. The molecule has 0 saturated heterocycles. The molecule has 7 nitrogen and oxygen atoms in total. The van der Waals surface area contributed by atoms with Crippen LogP contribution in [0.4, 0.5) is 5.69 Å². The van der Waals surface area contributed by atoms with Gasteiger partial charge in [0.05, 0.1) is 6.20 Å². The molecule has 29 heavy (non-hydrogen) atoms. The summed E-state index contributed by atoms with van der Waals surface area (Å²) < 4.78 is 1.61. The molecule has 0 unspecified atom stereocenters. The maximum Gasteiger partial charge on any atom is 0.254 e. The van der Waals surface area contributed by atoms with Crippen LogP contribution in [0.15, 0.2) is 24.4 Å². The van der Waals surface area contributed by atoms with Gasteiger partial charge < -0.3 is 11.1 Å². The molecule has 1 aromatic carbocycles. The summed E-state index contributed by atoms with van der Waals surface area (Å²) in [5.41, 5.74) is 11.8. The Bertz CT molecular complexity index is 1100. The number of aromatic nitrogens is 3. The molecule has 3 rings (SSSR count). The fourth-order valence-electron chi connectivity index (χ4n) is 3.63. The Labute approximate surface area is 170 Å². The third kappa shape index (κ3) is 3.99. The van der Waals surface area contributed by atoms with Gasteiger partial charge in [-0.25, -0.2) is 9.50 Å². The largest absolute Gasteiger partial charge is 0.365 e. The maximum atomic E-state index is 12.7. The second-order valence-electron chi connectivity index (χ2n) is 7.66. The number of carbonyl (C=O) groups is 2. The van der Waals surface area contributed by atoms with Gasteiger partial charge in [0.15, 0.2) is 5.65 Å². The van der Waals surface area contributed by atoms with Gasteiger partial charge in [0.1, 0.15) is 5.56 Å². The number of nitrogens with zero attached hydrogens (tertiary/aromatic N) is 3. The van der Waals surface area contributed by atoms with Crippen molar-refractivity contribution in [2.75, 3.05) is 5.32 Å². The van der Waals surface area contributed by atoms with Crippen LogP contribution in [0.2, 0.25) is 0 Å². The number of carbonyl (C=O) groups excluding carboxylic acids is 2. The van der Waals surface area contributed by atoms with Crippen molar-refractivity contribution in [1.82, 2.24) is 14.6 Å². The van der Waals surface area contributed by atoms with Crippen molar-refractivity contribution in [2.45, 2.75) is 53.4 Å². The SMILES string of the molecule is Cc1cccc(C(C)C)c1NC(=O)CCc1c(C)nc2c(C(N)=O)cnn2c1C. The molecule has 0 aliphatic heterocycles. The molecule has 0 radical (unpaired) electrons. The zero-order valence-electron chi connectivity index (χ0n) is 17.5. The van der Waals surface area contributed by atoms with Gasteiger partial charge in [-0.1, -0.05) is 32.0 Å². The number of anilines is 1. The average molecular weight is 393 g/mol. The number of rotatable bonds is 6. The lowest BCUT2D eigenvalue weighted by molar-refractivity contribution is -0.116. The predicted molar refractivity (Wildman–Crippen MR) is 113 cm³/mol. The second-order valence-corrected chi connectivity index (χ2v) is 7.66. The van der Waals surface area contributed by atoms with Gasteiger partial charge in [0.2, 0.25) is 5.91 Å². The monoisotopic (exact) mass is 393 g/mol. The van der Waals surface area contributed by atoms with E-state index in [2.05, 4.69) is 29.2 Å². The molecule has 3 aromatic rings. The molecule has 0 saturated carbocycles.